The highest BCUT2D eigenvalue weighted by Gasteiger charge is 2.29. The maximum absolute atomic E-state index is 13.2. The first kappa shape index (κ1) is 26.6. The second-order valence-electron chi connectivity index (χ2n) is 7.75. The van der Waals surface area contributed by atoms with Gasteiger partial charge in [-0.2, -0.15) is 13.2 Å². The Labute approximate surface area is 218 Å². The lowest BCUT2D eigenvalue weighted by Crippen LogP contribution is -2.25. The number of thioether (sulfide) groups is 1. The van der Waals surface area contributed by atoms with Gasteiger partial charge in [0.15, 0.2) is 0 Å². The Bertz CT molecular complexity index is 1600. The minimum atomic E-state index is -4.46. The zero-order chi connectivity index (χ0) is 27.0. The first-order valence-corrected chi connectivity index (χ1v) is 13.1. The van der Waals surface area contributed by atoms with Crippen molar-refractivity contribution in [3.8, 4) is 11.6 Å². The van der Waals surface area contributed by atoms with E-state index in [9.17, 15) is 31.5 Å². The molecule has 2 N–H and O–H groups in total. The van der Waals surface area contributed by atoms with E-state index >= 15 is 0 Å². The lowest BCUT2D eigenvalue weighted by molar-refractivity contribution is -0.0328. The predicted octanol–water partition coefficient (Wildman–Crippen LogP) is 5.16. The fraction of sp³-hybridized carbons (Fsp3) is 0.130. The van der Waals surface area contributed by atoms with E-state index in [1.807, 2.05) is 0 Å². The number of pyridine rings is 1. The molecule has 0 spiro atoms. The topological polar surface area (TPSA) is 106 Å². The number of aromatic nitrogens is 3. The van der Waals surface area contributed by atoms with Crippen LogP contribution in [0.25, 0.3) is 5.69 Å². The summed E-state index contributed by atoms with van der Waals surface area (Å²) in [6.45, 7) is 1.36. The van der Waals surface area contributed by atoms with Crippen molar-refractivity contribution in [2.45, 2.75) is 28.8 Å². The molecule has 2 aromatic carbocycles. The van der Waals surface area contributed by atoms with Gasteiger partial charge in [0.05, 0.1) is 34.7 Å². The van der Waals surface area contributed by atoms with E-state index in [1.54, 1.807) is 0 Å². The van der Waals surface area contributed by atoms with Crippen LogP contribution in [0.4, 0.5) is 18.9 Å². The third-order valence-corrected chi connectivity index (χ3v) is 7.67. The van der Waals surface area contributed by atoms with E-state index in [2.05, 4.69) is 9.71 Å². The van der Waals surface area contributed by atoms with Gasteiger partial charge in [-0.05, 0) is 78.8 Å². The maximum Gasteiger partial charge on any atom is 0.446 e. The molecule has 0 atom stereocenters. The molecule has 4 aromatic rings. The van der Waals surface area contributed by atoms with E-state index in [0.29, 0.717) is 10.6 Å². The highest BCUT2D eigenvalue weighted by molar-refractivity contribution is 8.00. The number of nitrogens with one attached hydrogen (secondary N) is 1. The van der Waals surface area contributed by atoms with Gasteiger partial charge in [0, 0.05) is 16.1 Å². The van der Waals surface area contributed by atoms with E-state index in [4.69, 9.17) is 11.6 Å². The second-order valence-corrected chi connectivity index (χ2v) is 11.0. The first-order valence-electron chi connectivity index (χ1n) is 10.4. The molecule has 0 aliphatic carbocycles. The summed E-state index contributed by atoms with van der Waals surface area (Å²) in [6.07, 6.45) is 2.71. The molecular weight excluding hydrogens is 553 g/mol. The van der Waals surface area contributed by atoms with Crippen molar-refractivity contribution in [3.63, 3.8) is 0 Å². The molecular formula is C23H18ClF3N4O4S2. The normalized spacial score (nSPS) is 12.0. The van der Waals surface area contributed by atoms with E-state index in [-0.39, 0.29) is 45.2 Å². The summed E-state index contributed by atoms with van der Waals surface area (Å²) in [4.78, 5) is 17.0. The standard InChI is InChI=1S/C23H18ClF3N4O4S2/c1-14-21(32)31(17-4-6-18(7-5-17)36-23(25,26)27)22(33)30(14)13-15-10-11-28-12-20(15)29-37(34,35)19-8-2-16(24)3-9-19/h2-12,29,32H,13H2,1H3. The molecule has 0 fully saturated rings. The van der Waals surface area contributed by atoms with E-state index < -0.39 is 27.1 Å². The summed E-state index contributed by atoms with van der Waals surface area (Å²) in [6, 6.07) is 12.0. The number of hydrogen-bond acceptors (Lipinski definition) is 6. The number of imidazole rings is 1. The van der Waals surface area contributed by atoms with Gasteiger partial charge in [-0.25, -0.2) is 17.8 Å². The van der Waals surface area contributed by atoms with Crippen molar-refractivity contribution < 1.29 is 26.7 Å². The summed E-state index contributed by atoms with van der Waals surface area (Å²) >= 11 is 5.54. The molecule has 0 aliphatic heterocycles. The zero-order valence-electron chi connectivity index (χ0n) is 18.9. The van der Waals surface area contributed by atoms with Crippen LogP contribution in [0.5, 0.6) is 5.88 Å². The van der Waals surface area contributed by atoms with Crippen LogP contribution in [-0.2, 0) is 16.6 Å². The SMILES string of the molecule is Cc1c(O)n(-c2ccc(SC(F)(F)F)cc2)c(=O)n1Cc1ccncc1NS(=O)(=O)c1ccc(Cl)cc1. The van der Waals surface area contributed by atoms with Crippen LogP contribution in [0, 0.1) is 6.92 Å². The van der Waals surface area contributed by atoms with Crippen LogP contribution in [0.15, 0.2) is 81.6 Å². The minimum Gasteiger partial charge on any atom is -0.493 e. The quantitative estimate of drug-likeness (QED) is 0.297. The van der Waals surface area contributed by atoms with E-state index in [1.165, 1.54) is 78.5 Å². The van der Waals surface area contributed by atoms with Crippen molar-refractivity contribution in [2.75, 3.05) is 4.72 Å². The molecule has 0 radical (unpaired) electrons. The average Bonchev–Trinajstić information content (AvgIpc) is 3.03. The Morgan fingerprint density at radius 3 is 2.35 bits per heavy atom. The summed E-state index contributed by atoms with van der Waals surface area (Å²) < 4.78 is 68.1. The Kier molecular flexibility index (Phi) is 7.31. The molecule has 8 nitrogen and oxygen atoms in total. The molecule has 0 unspecified atom stereocenters. The average molecular weight is 571 g/mol. The van der Waals surface area contributed by atoms with Crippen molar-refractivity contribution in [1.82, 2.24) is 14.1 Å². The monoisotopic (exact) mass is 570 g/mol. The van der Waals surface area contributed by atoms with Gasteiger partial charge in [-0.1, -0.05) is 11.6 Å². The van der Waals surface area contributed by atoms with Gasteiger partial charge < -0.3 is 5.11 Å². The molecule has 0 saturated carbocycles. The second kappa shape index (κ2) is 10.1. The maximum atomic E-state index is 13.2. The lowest BCUT2D eigenvalue weighted by Gasteiger charge is -2.13. The number of anilines is 1. The van der Waals surface area contributed by atoms with Crippen LogP contribution in [0.1, 0.15) is 11.3 Å². The van der Waals surface area contributed by atoms with Crippen molar-refractivity contribution >= 4 is 39.1 Å². The summed E-state index contributed by atoms with van der Waals surface area (Å²) in [7, 11) is -4.00. The Morgan fingerprint density at radius 1 is 1.08 bits per heavy atom. The van der Waals surface area contributed by atoms with Crippen LogP contribution >= 0.6 is 23.4 Å². The number of halogens is 4. The first-order chi connectivity index (χ1) is 17.4. The van der Waals surface area contributed by atoms with Gasteiger partial charge in [0.2, 0.25) is 5.88 Å². The number of rotatable bonds is 7. The number of nitrogens with zero attached hydrogens (tertiary/aromatic N) is 3. The molecule has 2 aromatic heterocycles. The Balaban J connectivity index is 1.66. The highest BCUT2D eigenvalue weighted by atomic mass is 35.5. The van der Waals surface area contributed by atoms with Crippen LogP contribution < -0.4 is 10.4 Å². The molecule has 0 bridgehead atoms. The molecule has 0 saturated heterocycles. The number of hydrogen-bond donors (Lipinski definition) is 2. The number of alkyl halides is 3. The summed E-state index contributed by atoms with van der Waals surface area (Å²) in [5.41, 5.74) is -4.31. The number of benzene rings is 2. The van der Waals surface area contributed by atoms with E-state index in [0.717, 1.165) is 4.57 Å². The third kappa shape index (κ3) is 5.95. The largest absolute Gasteiger partial charge is 0.493 e. The fourth-order valence-electron chi connectivity index (χ4n) is 3.49. The van der Waals surface area contributed by atoms with Crippen molar-refractivity contribution in [3.05, 3.63) is 93.8 Å². The molecule has 0 amide bonds. The minimum absolute atomic E-state index is 0.0315. The Morgan fingerprint density at radius 2 is 1.73 bits per heavy atom. The van der Waals surface area contributed by atoms with Gasteiger partial charge in [-0.15, -0.1) is 0 Å². The summed E-state index contributed by atoms with van der Waals surface area (Å²) in [5, 5.41) is 11.0. The number of aromatic hydroxyl groups is 1. The van der Waals surface area contributed by atoms with Gasteiger partial charge in [0.1, 0.15) is 0 Å². The van der Waals surface area contributed by atoms with Gasteiger partial charge in [0.25, 0.3) is 10.0 Å². The smallest absolute Gasteiger partial charge is 0.446 e. The third-order valence-electron chi connectivity index (χ3n) is 5.30. The highest BCUT2D eigenvalue weighted by Crippen LogP contribution is 2.37. The Hall–Kier alpha value is -3.42. The zero-order valence-corrected chi connectivity index (χ0v) is 21.3. The molecule has 37 heavy (non-hydrogen) atoms. The number of sulfonamides is 1. The van der Waals surface area contributed by atoms with Crippen LogP contribution in [0.2, 0.25) is 5.02 Å². The van der Waals surface area contributed by atoms with Gasteiger partial charge in [-0.3, -0.25) is 14.3 Å². The van der Waals surface area contributed by atoms with Crippen molar-refractivity contribution in [2.24, 2.45) is 0 Å². The molecule has 14 heteroatoms. The van der Waals surface area contributed by atoms with Crippen molar-refractivity contribution in [1.29, 1.82) is 0 Å². The lowest BCUT2D eigenvalue weighted by atomic mass is 10.2. The van der Waals surface area contributed by atoms with Gasteiger partial charge >= 0.3 is 11.2 Å². The van der Waals surface area contributed by atoms with Crippen LogP contribution in [-0.4, -0.2) is 33.2 Å². The predicted molar refractivity (Wildman–Crippen MR) is 134 cm³/mol. The molecule has 0 aliphatic rings. The molecule has 4 rings (SSSR count). The molecule has 2 heterocycles. The summed E-state index contributed by atoms with van der Waals surface area (Å²) in [5.74, 6) is -0.404. The van der Waals surface area contributed by atoms with Crippen LogP contribution in [0.3, 0.4) is 0 Å². The molecule has 194 valence electrons. The fourth-order valence-corrected chi connectivity index (χ4v) is 5.24.